The van der Waals surface area contributed by atoms with Crippen molar-refractivity contribution in [3.05, 3.63) is 65.7 Å². The average Bonchev–Trinajstić information content (AvgIpc) is 3.25. The van der Waals surface area contributed by atoms with Gasteiger partial charge in [0.1, 0.15) is 5.75 Å². The van der Waals surface area contributed by atoms with Gasteiger partial charge < -0.3 is 10.1 Å². The highest BCUT2D eigenvalue weighted by atomic mass is 16.5. The molecule has 28 heavy (non-hydrogen) atoms. The number of rotatable bonds is 5. The Labute approximate surface area is 166 Å². The highest BCUT2D eigenvalue weighted by molar-refractivity contribution is 5.97. The number of ether oxygens (including phenoxy) is 1. The molecule has 0 spiro atoms. The molecule has 0 aromatic heterocycles. The molecule has 2 aromatic carbocycles. The molecule has 6 nitrogen and oxygen atoms in total. The molecule has 0 aliphatic carbocycles. The van der Waals surface area contributed by atoms with Gasteiger partial charge in [0.05, 0.1) is 18.8 Å². The zero-order valence-electron chi connectivity index (χ0n) is 16.2. The Morgan fingerprint density at radius 3 is 2.50 bits per heavy atom. The van der Waals surface area contributed by atoms with Crippen LogP contribution in [0.1, 0.15) is 41.2 Å². The molecular formula is C22H28N4O2. The van der Waals surface area contributed by atoms with Gasteiger partial charge in [-0.05, 0) is 37.0 Å². The molecule has 0 bridgehead atoms. The highest BCUT2D eigenvalue weighted by Gasteiger charge is 2.32. The number of hydrazine groups is 1. The van der Waals surface area contributed by atoms with Gasteiger partial charge in [-0.1, -0.05) is 42.5 Å². The van der Waals surface area contributed by atoms with Crippen molar-refractivity contribution < 1.29 is 9.53 Å². The maximum absolute atomic E-state index is 12.6. The fourth-order valence-corrected chi connectivity index (χ4v) is 4.13. The van der Waals surface area contributed by atoms with Crippen molar-refractivity contribution in [3.8, 4) is 5.75 Å². The van der Waals surface area contributed by atoms with Crippen molar-refractivity contribution in [2.75, 3.05) is 20.2 Å². The number of hydrogen-bond acceptors (Lipinski definition) is 5. The minimum absolute atomic E-state index is 0.0549. The fourth-order valence-electron chi connectivity index (χ4n) is 4.13. The number of methoxy groups -OCH3 is 1. The van der Waals surface area contributed by atoms with Crippen molar-refractivity contribution in [1.82, 2.24) is 21.1 Å². The van der Waals surface area contributed by atoms with Gasteiger partial charge in [0.25, 0.3) is 5.91 Å². The van der Waals surface area contributed by atoms with E-state index in [1.54, 1.807) is 13.2 Å². The summed E-state index contributed by atoms with van der Waals surface area (Å²) >= 11 is 0. The van der Waals surface area contributed by atoms with Gasteiger partial charge in [0.15, 0.2) is 0 Å². The summed E-state index contributed by atoms with van der Waals surface area (Å²) in [4.78, 5) is 15.1. The number of hydrogen-bond donors (Lipinski definition) is 3. The first-order valence-corrected chi connectivity index (χ1v) is 9.98. The number of carbonyl (C=O) groups excluding carboxylic acids is 1. The summed E-state index contributed by atoms with van der Waals surface area (Å²) in [5.74, 6) is 0.561. The van der Waals surface area contributed by atoms with Gasteiger partial charge in [-0.3, -0.25) is 9.69 Å². The van der Waals surface area contributed by atoms with Gasteiger partial charge in [-0.15, -0.1) is 0 Å². The largest absolute Gasteiger partial charge is 0.496 e. The lowest BCUT2D eigenvalue weighted by Crippen LogP contribution is -2.51. The minimum atomic E-state index is -0.0549. The lowest BCUT2D eigenvalue weighted by Gasteiger charge is -2.35. The second-order valence-corrected chi connectivity index (χ2v) is 7.49. The molecule has 2 unspecified atom stereocenters. The van der Waals surface area contributed by atoms with Crippen LogP contribution in [-0.2, 0) is 0 Å². The van der Waals surface area contributed by atoms with Crippen molar-refractivity contribution in [2.24, 2.45) is 0 Å². The van der Waals surface area contributed by atoms with E-state index >= 15 is 0 Å². The summed E-state index contributed by atoms with van der Waals surface area (Å²) in [5.41, 5.74) is 8.78. The zero-order chi connectivity index (χ0) is 19.3. The zero-order valence-corrected chi connectivity index (χ0v) is 16.2. The molecule has 2 heterocycles. The first-order valence-electron chi connectivity index (χ1n) is 9.98. The summed E-state index contributed by atoms with van der Waals surface area (Å²) < 4.78 is 5.30. The predicted octanol–water partition coefficient (Wildman–Crippen LogP) is 2.45. The number of nitrogens with zero attached hydrogens (tertiary/aromatic N) is 1. The Kier molecular flexibility index (Phi) is 5.90. The third-order valence-corrected chi connectivity index (χ3v) is 5.74. The van der Waals surface area contributed by atoms with E-state index in [1.807, 2.05) is 24.3 Å². The van der Waals surface area contributed by atoms with E-state index in [-0.39, 0.29) is 11.9 Å². The van der Waals surface area contributed by atoms with E-state index in [4.69, 9.17) is 4.74 Å². The van der Waals surface area contributed by atoms with Crippen LogP contribution in [0.4, 0.5) is 0 Å². The molecular weight excluding hydrogens is 352 g/mol. The average molecular weight is 380 g/mol. The van der Waals surface area contributed by atoms with Crippen molar-refractivity contribution >= 4 is 5.91 Å². The molecule has 2 aliphatic heterocycles. The predicted molar refractivity (Wildman–Crippen MR) is 109 cm³/mol. The summed E-state index contributed by atoms with van der Waals surface area (Å²) in [5, 5.41) is 3.17. The van der Waals surface area contributed by atoms with Gasteiger partial charge in [0, 0.05) is 25.2 Å². The van der Waals surface area contributed by atoms with Crippen molar-refractivity contribution in [2.45, 2.75) is 37.5 Å². The molecule has 2 atom stereocenters. The number of para-hydroxylation sites is 1. The highest BCUT2D eigenvalue weighted by Crippen LogP contribution is 2.25. The number of likely N-dealkylation sites (tertiary alicyclic amines) is 1. The smallest absolute Gasteiger partial charge is 0.255 e. The second kappa shape index (κ2) is 8.73. The van der Waals surface area contributed by atoms with Crippen LogP contribution < -0.4 is 20.9 Å². The molecule has 2 aliphatic rings. The van der Waals surface area contributed by atoms with Crippen molar-refractivity contribution in [3.63, 3.8) is 0 Å². The minimum Gasteiger partial charge on any atom is -0.496 e. The molecule has 1 amide bonds. The molecule has 148 valence electrons. The lowest BCUT2D eigenvalue weighted by atomic mass is 10.0. The van der Waals surface area contributed by atoms with E-state index < -0.39 is 0 Å². The maximum Gasteiger partial charge on any atom is 0.255 e. The number of piperidine rings is 1. The SMILES string of the molecule is COc1ccccc1C(=O)NC1CCN(C2CC(c3ccccc3)NN2)CC1. The fraction of sp³-hybridized carbons (Fsp3) is 0.409. The first kappa shape index (κ1) is 18.9. The Morgan fingerprint density at radius 2 is 1.75 bits per heavy atom. The van der Waals surface area contributed by atoms with E-state index in [1.165, 1.54) is 5.56 Å². The molecule has 6 heteroatoms. The van der Waals surface area contributed by atoms with Crippen LogP contribution in [0.15, 0.2) is 54.6 Å². The third-order valence-electron chi connectivity index (χ3n) is 5.74. The molecule has 3 N–H and O–H groups in total. The van der Waals surface area contributed by atoms with Crippen LogP contribution in [0.3, 0.4) is 0 Å². The molecule has 4 rings (SSSR count). The normalized spacial score (nSPS) is 23.5. The van der Waals surface area contributed by atoms with E-state index in [9.17, 15) is 4.79 Å². The summed E-state index contributed by atoms with van der Waals surface area (Å²) in [6.45, 7) is 1.94. The van der Waals surface area contributed by atoms with Gasteiger partial charge in [0.2, 0.25) is 0 Å². The number of amides is 1. The second-order valence-electron chi connectivity index (χ2n) is 7.49. The maximum atomic E-state index is 12.6. The molecule has 0 radical (unpaired) electrons. The van der Waals surface area contributed by atoms with Crippen LogP contribution in [0, 0.1) is 0 Å². The van der Waals surface area contributed by atoms with E-state index in [2.05, 4.69) is 45.3 Å². The van der Waals surface area contributed by atoms with Crippen LogP contribution in [0.5, 0.6) is 5.75 Å². The molecule has 0 saturated carbocycles. The molecule has 2 saturated heterocycles. The quantitative estimate of drug-likeness (QED) is 0.744. The summed E-state index contributed by atoms with van der Waals surface area (Å²) in [6, 6.07) is 18.5. The van der Waals surface area contributed by atoms with Crippen LogP contribution in [0.25, 0.3) is 0 Å². The summed E-state index contributed by atoms with van der Waals surface area (Å²) in [6.07, 6.45) is 3.28. The van der Waals surface area contributed by atoms with E-state index in [0.29, 0.717) is 23.5 Å². The Hall–Kier alpha value is -2.41. The standard InChI is InChI=1S/C22H28N4O2/c1-28-20-10-6-5-9-18(20)22(27)23-17-11-13-26(14-12-17)21-15-19(24-25-21)16-7-3-2-4-8-16/h2-10,17,19,21,24-25H,11-15H2,1H3,(H,23,27). The van der Waals surface area contributed by atoms with Crippen LogP contribution in [-0.4, -0.2) is 43.2 Å². The summed E-state index contributed by atoms with van der Waals surface area (Å²) in [7, 11) is 1.59. The third kappa shape index (κ3) is 4.19. The monoisotopic (exact) mass is 380 g/mol. The van der Waals surface area contributed by atoms with Gasteiger partial charge >= 0.3 is 0 Å². The number of nitrogens with one attached hydrogen (secondary N) is 3. The number of benzene rings is 2. The molecule has 2 aromatic rings. The Morgan fingerprint density at radius 1 is 1.04 bits per heavy atom. The van der Waals surface area contributed by atoms with Gasteiger partial charge in [-0.2, -0.15) is 0 Å². The van der Waals surface area contributed by atoms with Crippen LogP contribution >= 0.6 is 0 Å². The first-order chi connectivity index (χ1) is 13.7. The van der Waals surface area contributed by atoms with Crippen LogP contribution in [0.2, 0.25) is 0 Å². The van der Waals surface area contributed by atoms with Gasteiger partial charge in [-0.25, -0.2) is 10.9 Å². The lowest BCUT2D eigenvalue weighted by molar-refractivity contribution is 0.0877. The van der Waals surface area contributed by atoms with E-state index in [0.717, 1.165) is 32.4 Å². The number of carbonyl (C=O) groups is 1. The topological polar surface area (TPSA) is 65.6 Å². The van der Waals surface area contributed by atoms with Crippen molar-refractivity contribution in [1.29, 1.82) is 0 Å². The Balaban J connectivity index is 1.28. The Bertz CT molecular complexity index is 790. The molecule has 2 fully saturated rings.